The summed E-state index contributed by atoms with van der Waals surface area (Å²) >= 11 is 7.30. The van der Waals surface area contributed by atoms with Crippen molar-refractivity contribution in [2.24, 2.45) is 0 Å². The summed E-state index contributed by atoms with van der Waals surface area (Å²) in [6, 6.07) is 39.9. The molecule has 1 saturated heterocycles. The maximum absolute atomic E-state index is 12.1. The Bertz CT molecular complexity index is 1360. The molecule has 0 aromatic heterocycles. The number of alkyl halides is 1. The first-order valence-corrected chi connectivity index (χ1v) is 15.7. The summed E-state index contributed by atoms with van der Waals surface area (Å²) < 4.78 is 32.1. The Labute approximate surface area is 262 Å². The molecule has 6 nitrogen and oxygen atoms in total. The second-order valence-corrected chi connectivity index (χ2v) is 11.5. The fourth-order valence-electron chi connectivity index (χ4n) is 4.82. The molecule has 0 bridgehead atoms. The molecule has 224 valence electrons. The van der Waals surface area contributed by atoms with Crippen LogP contribution >= 0.6 is 23.4 Å². The van der Waals surface area contributed by atoms with Gasteiger partial charge in [-0.05, 0) is 28.8 Å². The Kier molecular flexibility index (Phi) is 12.1. The molecule has 1 aliphatic rings. The van der Waals surface area contributed by atoms with E-state index in [0.717, 1.165) is 21.6 Å². The molecule has 43 heavy (non-hydrogen) atoms. The van der Waals surface area contributed by atoms with Gasteiger partial charge in [0.15, 0.2) is 0 Å². The predicted octanol–water partition coefficient (Wildman–Crippen LogP) is 7.04. The van der Waals surface area contributed by atoms with Crippen LogP contribution < -0.4 is 0 Å². The maximum Gasteiger partial charge on any atom is 0.320 e. The molecule has 0 aliphatic carbocycles. The lowest BCUT2D eigenvalue weighted by atomic mass is 9.99. The van der Waals surface area contributed by atoms with Crippen molar-refractivity contribution in [1.29, 1.82) is 0 Å². The van der Waals surface area contributed by atoms with Crippen LogP contribution in [0, 0.1) is 0 Å². The smallest absolute Gasteiger partial charge is 0.320 e. The third kappa shape index (κ3) is 9.41. The highest BCUT2D eigenvalue weighted by Gasteiger charge is 2.49. The summed E-state index contributed by atoms with van der Waals surface area (Å²) in [5, 5.41) is 0. The highest BCUT2D eigenvalue weighted by molar-refractivity contribution is 7.99. The van der Waals surface area contributed by atoms with E-state index in [4.69, 9.17) is 35.3 Å². The fourth-order valence-corrected chi connectivity index (χ4v) is 6.05. The van der Waals surface area contributed by atoms with Crippen LogP contribution in [-0.2, 0) is 48.3 Å². The van der Waals surface area contributed by atoms with E-state index in [-0.39, 0.29) is 12.5 Å². The quantitative estimate of drug-likeness (QED) is 0.111. The fraction of sp³-hybridized carbons (Fsp3) is 0.286. The molecule has 0 N–H and O–H groups in total. The van der Waals surface area contributed by atoms with Crippen molar-refractivity contribution in [2.75, 3.05) is 12.5 Å². The van der Waals surface area contributed by atoms with Crippen LogP contribution in [0.25, 0.3) is 0 Å². The molecular formula is C35H35ClO6S. The highest BCUT2D eigenvalue weighted by Crippen LogP contribution is 2.38. The zero-order chi connectivity index (χ0) is 29.7. The average Bonchev–Trinajstić information content (AvgIpc) is 3.07. The summed E-state index contributed by atoms with van der Waals surface area (Å²) in [5.74, 6) is -0.773. The van der Waals surface area contributed by atoms with Gasteiger partial charge in [0.25, 0.3) is 0 Å². The molecule has 0 spiro atoms. The zero-order valence-corrected chi connectivity index (χ0v) is 25.3. The molecule has 1 aliphatic heterocycles. The van der Waals surface area contributed by atoms with Gasteiger partial charge in [0.1, 0.15) is 42.3 Å². The second kappa shape index (κ2) is 16.6. The molecule has 4 aromatic rings. The molecular weight excluding hydrogens is 584 g/mol. The van der Waals surface area contributed by atoms with Crippen molar-refractivity contribution in [1.82, 2.24) is 0 Å². The molecule has 5 rings (SSSR count). The van der Waals surface area contributed by atoms with Crippen molar-refractivity contribution >= 4 is 29.3 Å². The SMILES string of the molecule is O=C(CCl)OC[C@H]1O[C@@H](Sc2ccccc2)[C@H](OCc2ccccc2)[C@@H](OCc2ccccc2)[C@@H]1OCc1ccccc1. The first-order chi connectivity index (χ1) is 21.2. The molecule has 0 amide bonds. The number of benzene rings is 4. The van der Waals surface area contributed by atoms with Crippen LogP contribution in [0.1, 0.15) is 16.7 Å². The van der Waals surface area contributed by atoms with Crippen LogP contribution in [0.5, 0.6) is 0 Å². The van der Waals surface area contributed by atoms with E-state index >= 15 is 0 Å². The molecule has 1 fully saturated rings. The number of esters is 1. The predicted molar refractivity (Wildman–Crippen MR) is 168 cm³/mol. The third-order valence-corrected chi connectivity index (χ3v) is 8.33. The lowest BCUT2D eigenvalue weighted by Crippen LogP contribution is -2.60. The van der Waals surface area contributed by atoms with Gasteiger partial charge in [-0.2, -0.15) is 0 Å². The largest absolute Gasteiger partial charge is 0.462 e. The van der Waals surface area contributed by atoms with Crippen molar-refractivity contribution < 1.29 is 28.5 Å². The Morgan fingerprint density at radius 3 is 1.56 bits per heavy atom. The van der Waals surface area contributed by atoms with Crippen molar-refractivity contribution in [3.8, 4) is 0 Å². The van der Waals surface area contributed by atoms with Gasteiger partial charge in [0.2, 0.25) is 0 Å². The molecule has 5 atom stereocenters. The number of thioether (sulfide) groups is 1. The minimum atomic E-state index is -0.630. The lowest BCUT2D eigenvalue weighted by molar-refractivity contribution is -0.253. The van der Waals surface area contributed by atoms with Gasteiger partial charge in [-0.15, -0.1) is 11.6 Å². The van der Waals surface area contributed by atoms with Crippen molar-refractivity contribution in [3.63, 3.8) is 0 Å². The van der Waals surface area contributed by atoms with Crippen LogP contribution in [0.4, 0.5) is 0 Å². The van der Waals surface area contributed by atoms with Gasteiger partial charge in [-0.25, -0.2) is 0 Å². The lowest BCUT2D eigenvalue weighted by Gasteiger charge is -2.45. The first kappa shape index (κ1) is 31.3. The number of carbonyl (C=O) groups is 1. The molecule has 4 aromatic carbocycles. The van der Waals surface area contributed by atoms with E-state index in [1.807, 2.05) is 121 Å². The van der Waals surface area contributed by atoms with Crippen LogP contribution in [0.2, 0.25) is 0 Å². The van der Waals surface area contributed by atoms with E-state index in [9.17, 15) is 4.79 Å². The number of carbonyl (C=O) groups excluding carboxylic acids is 1. The van der Waals surface area contributed by atoms with E-state index in [0.29, 0.717) is 19.8 Å². The highest BCUT2D eigenvalue weighted by atomic mass is 35.5. The average molecular weight is 619 g/mol. The normalized spacial score (nSPS) is 21.7. The van der Waals surface area contributed by atoms with Crippen LogP contribution in [0.15, 0.2) is 126 Å². The van der Waals surface area contributed by atoms with E-state index in [1.165, 1.54) is 0 Å². The molecule has 0 unspecified atom stereocenters. The van der Waals surface area contributed by atoms with Gasteiger partial charge >= 0.3 is 5.97 Å². The Morgan fingerprint density at radius 1 is 0.628 bits per heavy atom. The van der Waals surface area contributed by atoms with Gasteiger partial charge in [0, 0.05) is 4.90 Å². The summed E-state index contributed by atoms with van der Waals surface area (Å²) in [7, 11) is 0. The number of rotatable bonds is 14. The topological polar surface area (TPSA) is 63.2 Å². The number of hydrogen-bond acceptors (Lipinski definition) is 7. The third-order valence-electron chi connectivity index (χ3n) is 6.96. The summed E-state index contributed by atoms with van der Waals surface area (Å²) in [6.07, 6.45) is -2.31. The minimum absolute atomic E-state index is 0.0343. The van der Waals surface area contributed by atoms with E-state index in [1.54, 1.807) is 11.8 Å². The minimum Gasteiger partial charge on any atom is -0.462 e. The zero-order valence-electron chi connectivity index (χ0n) is 23.7. The summed E-state index contributed by atoms with van der Waals surface area (Å²) in [5.41, 5.74) is 2.58. The van der Waals surface area contributed by atoms with Gasteiger partial charge in [0.05, 0.1) is 19.8 Å². The second-order valence-electron chi connectivity index (χ2n) is 10.1. The standard InChI is InChI=1S/C35H35ClO6S/c36-21-31(37)38-25-30-32(39-22-26-13-5-1-6-14-26)33(40-23-27-15-7-2-8-16-27)34(41-24-28-17-9-3-10-18-28)35(42-30)43-29-19-11-4-12-20-29/h1-20,30,32-35H,21-25H2/t30-,32-,33+,34-,35+/m1/s1. The van der Waals surface area contributed by atoms with Crippen molar-refractivity contribution in [3.05, 3.63) is 138 Å². The Hall–Kier alpha value is -3.17. The number of hydrogen-bond donors (Lipinski definition) is 0. The van der Waals surface area contributed by atoms with Crippen LogP contribution in [0.3, 0.4) is 0 Å². The van der Waals surface area contributed by atoms with E-state index in [2.05, 4.69) is 0 Å². The molecule has 8 heteroatoms. The summed E-state index contributed by atoms with van der Waals surface area (Å²) in [6.45, 7) is 0.997. The van der Waals surface area contributed by atoms with Gasteiger partial charge in [-0.3, -0.25) is 4.79 Å². The molecule has 1 heterocycles. The Balaban J connectivity index is 1.48. The Morgan fingerprint density at radius 2 is 1.07 bits per heavy atom. The van der Waals surface area contributed by atoms with Crippen molar-refractivity contribution in [2.45, 2.75) is 54.6 Å². The summed E-state index contributed by atoms with van der Waals surface area (Å²) in [4.78, 5) is 13.1. The van der Waals surface area contributed by atoms with Crippen LogP contribution in [-0.4, -0.2) is 48.3 Å². The molecule has 0 radical (unpaired) electrons. The molecule has 0 saturated carbocycles. The van der Waals surface area contributed by atoms with Gasteiger partial charge in [-0.1, -0.05) is 121 Å². The monoisotopic (exact) mass is 618 g/mol. The van der Waals surface area contributed by atoms with E-state index < -0.39 is 35.8 Å². The van der Waals surface area contributed by atoms with Gasteiger partial charge < -0.3 is 23.7 Å². The number of halogens is 1. The maximum atomic E-state index is 12.1. The first-order valence-electron chi connectivity index (χ1n) is 14.2. The number of ether oxygens (including phenoxy) is 5.